The fourth-order valence-electron chi connectivity index (χ4n) is 2.86. The van der Waals surface area contributed by atoms with Crippen LogP contribution in [-0.2, 0) is 6.54 Å². The Morgan fingerprint density at radius 1 is 1.45 bits per heavy atom. The summed E-state index contributed by atoms with van der Waals surface area (Å²) in [6.45, 7) is 5.54. The molecule has 0 aliphatic carbocycles. The first-order valence-corrected chi connectivity index (χ1v) is 7.44. The number of aromatic hydroxyl groups is 1. The number of piperidine rings is 1. The van der Waals surface area contributed by atoms with Crippen LogP contribution < -0.4 is 4.74 Å². The van der Waals surface area contributed by atoms with Gasteiger partial charge in [0.1, 0.15) is 0 Å². The van der Waals surface area contributed by atoms with Crippen LogP contribution in [0.15, 0.2) is 18.2 Å². The third-order valence-electron chi connectivity index (χ3n) is 4.03. The standard InChI is InChI=1S/C16H26N2O2/c1-4-20-15-9-5-7-13(16(15)19)11-18(3)14-8-6-10-17(2)12-14/h5,7,9,14,19H,4,6,8,10-12H2,1-3H3. The molecule has 1 aliphatic rings. The number of likely N-dealkylation sites (N-methyl/N-ethyl adjacent to an activating group) is 2. The van der Waals surface area contributed by atoms with Crippen LogP contribution >= 0.6 is 0 Å². The molecule has 112 valence electrons. The van der Waals surface area contributed by atoms with Gasteiger partial charge >= 0.3 is 0 Å². The highest BCUT2D eigenvalue weighted by Crippen LogP contribution is 2.31. The molecule has 0 aromatic heterocycles. The highest BCUT2D eigenvalue weighted by atomic mass is 16.5. The Labute approximate surface area is 122 Å². The summed E-state index contributed by atoms with van der Waals surface area (Å²) in [6.07, 6.45) is 2.48. The van der Waals surface area contributed by atoms with Gasteiger partial charge in [0.05, 0.1) is 6.61 Å². The van der Waals surface area contributed by atoms with Gasteiger partial charge in [0.15, 0.2) is 11.5 Å². The van der Waals surface area contributed by atoms with Crippen molar-refractivity contribution in [3.63, 3.8) is 0 Å². The van der Waals surface area contributed by atoms with Gasteiger partial charge in [0.2, 0.25) is 0 Å². The quantitative estimate of drug-likeness (QED) is 0.896. The summed E-state index contributed by atoms with van der Waals surface area (Å²) in [5, 5.41) is 10.3. The number of nitrogens with zero attached hydrogens (tertiary/aromatic N) is 2. The minimum atomic E-state index is 0.283. The maximum Gasteiger partial charge on any atom is 0.162 e. The second-order valence-electron chi connectivity index (χ2n) is 5.67. The molecule has 1 atom stereocenters. The van der Waals surface area contributed by atoms with Crippen molar-refractivity contribution in [3.05, 3.63) is 23.8 Å². The Morgan fingerprint density at radius 3 is 2.95 bits per heavy atom. The molecule has 1 saturated heterocycles. The van der Waals surface area contributed by atoms with Crippen molar-refractivity contribution < 1.29 is 9.84 Å². The lowest BCUT2D eigenvalue weighted by atomic mass is 10.0. The first-order valence-electron chi connectivity index (χ1n) is 7.44. The second kappa shape index (κ2) is 6.95. The Morgan fingerprint density at radius 2 is 2.25 bits per heavy atom. The van der Waals surface area contributed by atoms with Crippen LogP contribution in [0.3, 0.4) is 0 Å². The normalized spacial score (nSPS) is 20.3. The maximum absolute atomic E-state index is 10.3. The van der Waals surface area contributed by atoms with Gasteiger partial charge in [0.25, 0.3) is 0 Å². The molecular formula is C16H26N2O2. The van der Waals surface area contributed by atoms with Crippen molar-refractivity contribution in [2.75, 3.05) is 33.8 Å². The fourth-order valence-corrected chi connectivity index (χ4v) is 2.86. The van der Waals surface area contributed by atoms with Gasteiger partial charge in [-0.25, -0.2) is 0 Å². The zero-order valence-corrected chi connectivity index (χ0v) is 12.8. The number of rotatable bonds is 5. The van der Waals surface area contributed by atoms with Crippen molar-refractivity contribution in [1.82, 2.24) is 9.80 Å². The summed E-state index contributed by atoms with van der Waals surface area (Å²) in [4.78, 5) is 4.71. The molecule has 1 fully saturated rings. The molecule has 0 saturated carbocycles. The molecule has 1 aliphatic heterocycles. The van der Waals surface area contributed by atoms with Crippen LogP contribution in [0.2, 0.25) is 0 Å². The Balaban J connectivity index is 2.03. The highest BCUT2D eigenvalue weighted by Gasteiger charge is 2.22. The van der Waals surface area contributed by atoms with Gasteiger partial charge in [-0.15, -0.1) is 0 Å². The molecule has 4 nitrogen and oxygen atoms in total. The van der Waals surface area contributed by atoms with Crippen LogP contribution in [0.4, 0.5) is 0 Å². The van der Waals surface area contributed by atoms with Crippen LogP contribution in [0.1, 0.15) is 25.3 Å². The minimum absolute atomic E-state index is 0.283. The van der Waals surface area contributed by atoms with Crippen molar-refractivity contribution in [3.8, 4) is 11.5 Å². The molecule has 1 N–H and O–H groups in total. The largest absolute Gasteiger partial charge is 0.504 e. The molecule has 2 rings (SSSR count). The summed E-state index contributed by atoms with van der Waals surface area (Å²) >= 11 is 0. The predicted octanol–water partition coefficient (Wildman–Crippen LogP) is 2.32. The van der Waals surface area contributed by atoms with Gasteiger partial charge < -0.3 is 14.7 Å². The Bertz CT molecular complexity index is 436. The predicted molar refractivity (Wildman–Crippen MR) is 81.3 cm³/mol. The topological polar surface area (TPSA) is 35.9 Å². The molecule has 0 amide bonds. The van der Waals surface area contributed by atoms with Crippen molar-refractivity contribution in [1.29, 1.82) is 0 Å². The number of benzene rings is 1. The molecule has 0 bridgehead atoms. The van der Waals surface area contributed by atoms with E-state index in [1.807, 2.05) is 25.1 Å². The summed E-state index contributed by atoms with van der Waals surface area (Å²) in [5.74, 6) is 0.865. The van der Waals surface area contributed by atoms with Gasteiger partial charge in [0, 0.05) is 24.7 Å². The molecule has 1 heterocycles. The lowest BCUT2D eigenvalue weighted by Gasteiger charge is -2.36. The number of phenols is 1. The van der Waals surface area contributed by atoms with Gasteiger partial charge in [-0.2, -0.15) is 0 Å². The Hall–Kier alpha value is -1.26. The van der Waals surface area contributed by atoms with E-state index in [0.29, 0.717) is 18.4 Å². The molecule has 1 unspecified atom stereocenters. The summed E-state index contributed by atoms with van der Waals surface area (Å²) in [7, 11) is 4.31. The minimum Gasteiger partial charge on any atom is -0.504 e. The zero-order chi connectivity index (χ0) is 14.5. The van der Waals surface area contributed by atoms with E-state index in [4.69, 9.17) is 4.74 Å². The molecule has 20 heavy (non-hydrogen) atoms. The monoisotopic (exact) mass is 278 g/mol. The number of hydrogen-bond donors (Lipinski definition) is 1. The third-order valence-corrected chi connectivity index (χ3v) is 4.03. The van der Waals surface area contributed by atoms with Gasteiger partial charge in [-0.1, -0.05) is 12.1 Å². The van der Waals surface area contributed by atoms with Gasteiger partial charge in [-0.05, 0) is 46.5 Å². The van der Waals surface area contributed by atoms with E-state index in [9.17, 15) is 5.11 Å². The molecule has 0 spiro atoms. The number of hydrogen-bond acceptors (Lipinski definition) is 4. The number of likely N-dealkylation sites (tertiary alicyclic amines) is 1. The summed E-state index contributed by atoms with van der Waals surface area (Å²) in [5.41, 5.74) is 0.937. The van der Waals surface area contributed by atoms with E-state index in [2.05, 4.69) is 23.9 Å². The van der Waals surface area contributed by atoms with Crippen molar-refractivity contribution >= 4 is 0 Å². The van der Waals surface area contributed by atoms with Crippen LogP contribution in [0, 0.1) is 0 Å². The van der Waals surface area contributed by atoms with E-state index >= 15 is 0 Å². The average molecular weight is 278 g/mol. The highest BCUT2D eigenvalue weighted by molar-refractivity contribution is 5.45. The van der Waals surface area contributed by atoms with Crippen LogP contribution in [0.25, 0.3) is 0 Å². The lowest BCUT2D eigenvalue weighted by Crippen LogP contribution is -2.44. The first-order chi connectivity index (χ1) is 9.61. The average Bonchev–Trinajstić information content (AvgIpc) is 2.43. The van der Waals surface area contributed by atoms with Crippen molar-refractivity contribution in [2.24, 2.45) is 0 Å². The third kappa shape index (κ3) is 3.64. The van der Waals surface area contributed by atoms with E-state index in [0.717, 1.165) is 18.7 Å². The summed E-state index contributed by atoms with van der Waals surface area (Å²) < 4.78 is 5.44. The van der Waals surface area contributed by atoms with Gasteiger partial charge in [-0.3, -0.25) is 4.90 Å². The zero-order valence-electron chi connectivity index (χ0n) is 12.8. The number of para-hydroxylation sites is 1. The SMILES string of the molecule is CCOc1cccc(CN(C)C2CCCN(C)C2)c1O. The van der Waals surface area contributed by atoms with E-state index in [-0.39, 0.29) is 5.75 Å². The van der Waals surface area contributed by atoms with Crippen molar-refractivity contribution in [2.45, 2.75) is 32.4 Å². The molecule has 1 aromatic rings. The second-order valence-corrected chi connectivity index (χ2v) is 5.67. The van der Waals surface area contributed by atoms with E-state index in [1.165, 1.54) is 19.4 Å². The summed E-state index contributed by atoms with van der Waals surface area (Å²) in [6, 6.07) is 6.29. The molecule has 1 aromatic carbocycles. The fraction of sp³-hybridized carbons (Fsp3) is 0.625. The molecule has 0 radical (unpaired) electrons. The number of phenolic OH excluding ortho intramolecular Hbond substituents is 1. The molecule has 4 heteroatoms. The van der Waals surface area contributed by atoms with Crippen LogP contribution in [-0.4, -0.2) is 54.7 Å². The number of ether oxygens (including phenoxy) is 1. The van der Waals surface area contributed by atoms with Crippen LogP contribution in [0.5, 0.6) is 11.5 Å². The molecular weight excluding hydrogens is 252 g/mol. The Kier molecular flexibility index (Phi) is 5.26. The van der Waals surface area contributed by atoms with E-state index in [1.54, 1.807) is 0 Å². The maximum atomic E-state index is 10.3. The first kappa shape index (κ1) is 15.1. The smallest absolute Gasteiger partial charge is 0.162 e. The lowest BCUT2D eigenvalue weighted by molar-refractivity contribution is 0.128. The van der Waals surface area contributed by atoms with E-state index < -0.39 is 0 Å².